The molecule has 0 bridgehead atoms. The quantitative estimate of drug-likeness (QED) is 0.852. The first-order valence-corrected chi connectivity index (χ1v) is 10.6. The number of piperidine rings is 2. The number of rotatable bonds is 6. The second-order valence-electron chi connectivity index (χ2n) is 8.43. The Bertz CT molecular complexity index is 578. The number of benzene rings is 1. The maximum Gasteiger partial charge on any atom is 0.224 e. The number of carbonyl (C=O) groups excluding carboxylic acids is 1. The lowest BCUT2D eigenvalue weighted by Gasteiger charge is -2.42. The predicted molar refractivity (Wildman–Crippen MR) is 105 cm³/mol. The molecule has 3 fully saturated rings. The molecule has 2 saturated heterocycles. The highest BCUT2D eigenvalue weighted by Crippen LogP contribution is 2.26. The van der Waals surface area contributed by atoms with Gasteiger partial charge in [-0.3, -0.25) is 9.69 Å². The van der Waals surface area contributed by atoms with Crippen LogP contribution in [-0.2, 0) is 11.2 Å². The van der Waals surface area contributed by atoms with Crippen LogP contribution in [0.2, 0.25) is 0 Å². The van der Waals surface area contributed by atoms with E-state index in [4.69, 9.17) is 0 Å². The van der Waals surface area contributed by atoms with E-state index in [1.807, 2.05) is 0 Å². The molecule has 1 aromatic carbocycles. The fourth-order valence-electron chi connectivity index (χ4n) is 4.54. The van der Waals surface area contributed by atoms with Gasteiger partial charge < -0.3 is 10.2 Å². The van der Waals surface area contributed by atoms with E-state index in [-0.39, 0.29) is 5.92 Å². The van der Waals surface area contributed by atoms with Crippen LogP contribution in [0.15, 0.2) is 30.3 Å². The molecule has 4 heteroatoms. The minimum Gasteiger partial charge on any atom is -0.353 e. The Morgan fingerprint density at radius 3 is 2.50 bits per heavy atom. The average Bonchev–Trinajstić information content (AvgIpc) is 3.52. The van der Waals surface area contributed by atoms with Gasteiger partial charge >= 0.3 is 0 Å². The Morgan fingerprint density at radius 2 is 1.77 bits per heavy atom. The molecule has 0 aromatic heterocycles. The minimum atomic E-state index is 0.223. The van der Waals surface area contributed by atoms with Gasteiger partial charge in [0, 0.05) is 25.2 Å². The summed E-state index contributed by atoms with van der Waals surface area (Å²) in [5.41, 5.74) is 1.44. The van der Waals surface area contributed by atoms with Gasteiger partial charge in [-0.15, -0.1) is 0 Å². The molecule has 26 heavy (non-hydrogen) atoms. The highest BCUT2D eigenvalue weighted by Gasteiger charge is 2.33. The lowest BCUT2D eigenvalue weighted by molar-refractivity contribution is -0.127. The van der Waals surface area contributed by atoms with Gasteiger partial charge in [-0.1, -0.05) is 30.3 Å². The van der Waals surface area contributed by atoms with E-state index < -0.39 is 0 Å². The van der Waals surface area contributed by atoms with E-state index in [1.165, 1.54) is 63.8 Å². The second kappa shape index (κ2) is 8.53. The van der Waals surface area contributed by atoms with Crippen molar-refractivity contribution in [1.82, 2.24) is 15.1 Å². The van der Waals surface area contributed by atoms with Crippen molar-refractivity contribution in [2.24, 2.45) is 5.92 Å². The summed E-state index contributed by atoms with van der Waals surface area (Å²) in [6, 6.07) is 12.0. The number of carbonyl (C=O) groups is 1. The van der Waals surface area contributed by atoms with Crippen LogP contribution in [0.25, 0.3) is 0 Å². The van der Waals surface area contributed by atoms with Gasteiger partial charge in [0.25, 0.3) is 0 Å². The van der Waals surface area contributed by atoms with Crippen molar-refractivity contribution in [2.75, 3.05) is 32.7 Å². The van der Waals surface area contributed by atoms with Crippen molar-refractivity contribution in [3.8, 4) is 0 Å². The Balaban J connectivity index is 1.20. The number of likely N-dealkylation sites (tertiary alicyclic amines) is 2. The van der Waals surface area contributed by atoms with Crippen LogP contribution < -0.4 is 5.32 Å². The summed E-state index contributed by atoms with van der Waals surface area (Å²) in [6.07, 6.45) is 8.28. The molecule has 142 valence electrons. The highest BCUT2D eigenvalue weighted by molar-refractivity contribution is 5.79. The van der Waals surface area contributed by atoms with Crippen molar-refractivity contribution in [2.45, 2.75) is 57.0 Å². The van der Waals surface area contributed by atoms with Crippen LogP contribution in [0.3, 0.4) is 0 Å². The molecule has 0 spiro atoms. The van der Waals surface area contributed by atoms with Crippen LogP contribution in [0.5, 0.6) is 0 Å². The van der Waals surface area contributed by atoms with Crippen molar-refractivity contribution in [3.63, 3.8) is 0 Å². The van der Waals surface area contributed by atoms with E-state index in [0.29, 0.717) is 18.0 Å². The van der Waals surface area contributed by atoms with Gasteiger partial charge in [0.05, 0.1) is 5.92 Å². The summed E-state index contributed by atoms with van der Waals surface area (Å²) in [6.45, 7) is 5.73. The molecule has 2 aliphatic heterocycles. The van der Waals surface area contributed by atoms with E-state index in [1.54, 1.807) is 0 Å². The van der Waals surface area contributed by atoms with Crippen LogP contribution in [0.4, 0.5) is 0 Å². The average molecular weight is 356 g/mol. The SMILES string of the molecule is O=C(NC1CC1)[C@@H]1CCCN(C2CCN(CCc3ccccc3)CC2)C1. The maximum absolute atomic E-state index is 12.4. The number of nitrogens with one attached hydrogen (secondary N) is 1. The Kier molecular flexibility index (Phi) is 5.91. The first-order chi connectivity index (χ1) is 12.8. The number of hydrogen-bond acceptors (Lipinski definition) is 3. The molecule has 4 nitrogen and oxygen atoms in total. The predicted octanol–water partition coefficient (Wildman–Crippen LogP) is 2.68. The lowest BCUT2D eigenvalue weighted by Crippen LogP contribution is -2.51. The molecule has 0 unspecified atom stereocenters. The number of amides is 1. The Hall–Kier alpha value is -1.39. The van der Waals surface area contributed by atoms with Gasteiger partial charge in [-0.05, 0) is 70.1 Å². The molecule has 1 saturated carbocycles. The topological polar surface area (TPSA) is 35.6 Å². The molecule has 1 atom stereocenters. The van der Waals surface area contributed by atoms with Crippen molar-refractivity contribution in [1.29, 1.82) is 0 Å². The first kappa shape index (κ1) is 18.0. The van der Waals surface area contributed by atoms with Gasteiger partial charge in [-0.2, -0.15) is 0 Å². The zero-order chi connectivity index (χ0) is 17.8. The van der Waals surface area contributed by atoms with Crippen LogP contribution in [0.1, 0.15) is 44.1 Å². The van der Waals surface area contributed by atoms with Gasteiger partial charge in [0.1, 0.15) is 0 Å². The molecule has 3 aliphatic rings. The Morgan fingerprint density at radius 1 is 1.00 bits per heavy atom. The van der Waals surface area contributed by atoms with Crippen LogP contribution in [0, 0.1) is 5.92 Å². The largest absolute Gasteiger partial charge is 0.353 e. The summed E-state index contributed by atoms with van der Waals surface area (Å²) in [4.78, 5) is 17.6. The molecule has 2 heterocycles. The summed E-state index contributed by atoms with van der Waals surface area (Å²) in [5.74, 6) is 0.540. The van der Waals surface area contributed by atoms with E-state index in [2.05, 4.69) is 45.4 Å². The first-order valence-electron chi connectivity index (χ1n) is 10.6. The summed E-state index contributed by atoms with van der Waals surface area (Å²) >= 11 is 0. The third kappa shape index (κ3) is 4.86. The summed E-state index contributed by atoms with van der Waals surface area (Å²) in [7, 11) is 0. The number of nitrogens with zero attached hydrogens (tertiary/aromatic N) is 2. The molecular formula is C22H33N3O. The normalized spacial score (nSPS) is 25.9. The second-order valence-corrected chi connectivity index (χ2v) is 8.43. The van der Waals surface area contributed by atoms with Gasteiger partial charge in [-0.25, -0.2) is 0 Å². The van der Waals surface area contributed by atoms with Gasteiger partial charge in [0.2, 0.25) is 5.91 Å². The number of hydrogen-bond donors (Lipinski definition) is 1. The highest BCUT2D eigenvalue weighted by atomic mass is 16.2. The van der Waals surface area contributed by atoms with Crippen molar-refractivity contribution < 1.29 is 4.79 Å². The Labute approximate surface area is 157 Å². The van der Waals surface area contributed by atoms with E-state index in [0.717, 1.165) is 19.4 Å². The van der Waals surface area contributed by atoms with Crippen LogP contribution >= 0.6 is 0 Å². The fraction of sp³-hybridized carbons (Fsp3) is 0.682. The zero-order valence-corrected chi connectivity index (χ0v) is 15.9. The van der Waals surface area contributed by atoms with E-state index in [9.17, 15) is 4.79 Å². The maximum atomic E-state index is 12.4. The molecule has 4 rings (SSSR count). The monoisotopic (exact) mass is 355 g/mol. The fourth-order valence-corrected chi connectivity index (χ4v) is 4.54. The molecule has 1 N–H and O–H groups in total. The molecular weight excluding hydrogens is 322 g/mol. The summed E-state index contributed by atoms with van der Waals surface area (Å²) < 4.78 is 0. The summed E-state index contributed by atoms with van der Waals surface area (Å²) in [5, 5.41) is 3.21. The van der Waals surface area contributed by atoms with Crippen molar-refractivity contribution in [3.05, 3.63) is 35.9 Å². The van der Waals surface area contributed by atoms with Crippen LogP contribution in [-0.4, -0.2) is 60.5 Å². The van der Waals surface area contributed by atoms with E-state index >= 15 is 0 Å². The van der Waals surface area contributed by atoms with Gasteiger partial charge in [0.15, 0.2) is 0 Å². The molecule has 1 amide bonds. The minimum absolute atomic E-state index is 0.223. The molecule has 1 aliphatic carbocycles. The third-order valence-electron chi connectivity index (χ3n) is 6.38. The lowest BCUT2D eigenvalue weighted by atomic mass is 9.93. The molecule has 1 aromatic rings. The van der Waals surface area contributed by atoms with Crippen molar-refractivity contribution >= 4 is 5.91 Å². The molecule has 0 radical (unpaired) electrons. The third-order valence-corrected chi connectivity index (χ3v) is 6.38. The zero-order valence-electron chi connectivity index (χ0n) is 15.9. The standard InChI is InChI=1S/C22H33N3O/c26-22(23-20-8-9-20)19-7-4-13-25(17-19)21-11-15-24(16-12-21)14-10-18-5-2-1-3-6-18/h1-3,5-6,19-21H,4,7-17H2,(H,23,26)/t19-/m1/s1. The smallest absolute Gasteiger partial charge is 0.224 e.